The molecule has 1 heterocycles. The van der Waals surface area contributed by atoms with E-state index < -0.39 is 0 Å². The fourth-order valence-electron chi connectivity index (χ4n) is 1.19. The van der Waals surface area contributed by atoms with Crippen molar-refractivity contribution >= 4 is 0 Å². The minimum atomic E-state index is -0.00588. The molecule has 13 heavy (non-hydrogen) atoms. The van der Waals surface area contributed by atoms with Gasteiger partial charge in [-0.15, -0.1) is 0 Å². The van der Waals surface area contributed by atoms with Crippen LogP contribution in [0, 0.1) is 0 Å². The van der Waals surface area contributed by atoms with Gasteiger partial charge in [0.1, 0.15) is 0 Å². The molecule has 0 radical (unpaired) electrons. The van der Waals surface area contributed by atoms with E-state index in [1.807, 2.05) is 19.3 Å². The summed E-state index contributed by atoms with van der Waals surface area (Å²) in [5.41, 5.74) is 8.07. The van der Waals surface area contributed by atoms with E-state index in [0.717, 1.165) is 18.5 Å². The van der Waals surface area contributed by atoms with Crippen LogP contribution in [0.3, 0.4) is 0 Å². The van der Waals surface area contributed by atoms with Gasteiger partial charge in [-0.05, 0) is 18.9 Å². The van der Waals surface area contributed by atoms with Crippen molar-refractivity contribution in [3.63, 3.8) is 0 Å². The summed E-state index contributed by atoms with van der Waals surface area (Å²) >= 11 is 0. The van der Waals surface area contributed by atoms with Crippen LogP contribution >= 0.6 is 0 Å². The van der Waals surface area contributed by atoms with Crippen molar-refractivity contribution in [3.05, 3.63) is 30.1 Å². The van der Waals surface area contributed by atoms with E-state index in [9.17, 15) is 0 Å². The number of aryl methyl sites for hydroxylation is 1. The Balaban J connectivity index is 2.58. The van der Waals surface area contributed by atoms with Crippen LogP contribution in [0.1, 0.15) is 31.5 Å². The van der Waals surface area contributed by atoms with Crippen LogP contribution in [0.4, 0.5) is 0 Å². The van der Waals surface area contributed by atoms with Gasteiger partial charge < -0.3 is 5.73 Å². The van der Waals surface area contributed by atoms with Crippen LogP contribution in [0.2, 0.25) is 0 Å². The lowest BCUT2D eigenvalue weighted by atomic mass is 10.0. The monoisotopic (exact) mass is 179 g/mol. The Bertz CT molecular complexity index is 288. The summed E-state index contributed by atoms with van der Waals surface area (Å²) in [6.07, 6.45) is 3.72. The molecule has 1 unspecified atom stereocenters. The molecule has 0 amide bonds. The maximum atomic E-state index is 5.95. The predicted octanol–water partition coefficient (Wildman–Crippen LogP) is 1.78. The molecular formula is C10H17N3. The van der Waals surface area contributed by atoms with Gasteiger partial charge in [0.15, 0.2) is 0 Å². The fraction of sp³-hybridized carbons (Fsp3) is 0.500. The van der Waals surface area contributed by atoms with Crippen molar-refractivity contribution < 1.29 is 0 Å². The van der Waals surface area contributed by atoms with Gasteiger partial charge in [0, 0.05) is 13.2 Å². The third kappa shape index (κ3) is 2.70. The summed E-state index contributed by atoms with van der Waals surface area (Å²) in [7, 11) is 1.89. The van der Waals surface area contributed by atoms with Crippen molar-refractivity contribution in [2.75, 3.05) is 0 Å². The standard InChI is InChI=1S/C10H17N3/c1-4-8(2)7-9(11)10-5-6-13(3)12-10/h5-6,9H,2,4,7,11H2,1,3H3. The van der Waals surface area contributed by atoms with E-state index in [0.29, 0.717) is 0 Å². The zero-order valence-electron chi connectivity index (χ0n) is 8.33. The van der Waals surface area contributed by atoms with Gasteiger partial charge in [0.25, 0.3) is 0 Å². The van der Waals surface area contributed by atoms with Crippen molar-refractivity contribution in [2.24, 2.45) is 12.8 Å². The van der Waals surface area contributed by atoms with E-state index in [1.54, 1.807) is 4.68 Å². The Morgan fingerprint density at radius 3 is 2.92 bits per heavy atom. The second-order valence-corrected chi connectivity index (χ2v) is 3.33. The van der Waals surface area contributed by atoms with Crippen molar-refractivity contribution in [1.29, 1.82) is 0 Å². The number of nitrogens with zero attached hydrogens (tertiary/aromatic N) is 2. The molecule has 0 aliphatic rings. The molecule has 0 bridgehead atoms. The Hall–Kier alpha value is -1.09. The van der Waals surface area contributed by atoms with Gasteiger partial charge in [0.2, 0.25) is 0 Å². The van der Waals surface area contributed by atoms with Gasteiger partial charge in [-0.25, -0.2) is 0 Å². The number of hydrogen-bond donors (Lipinski definition) is 1. The van der Waals surface area contributed by atoms with Gasteiger partial charge in [-0.3, -0.25) is 4.68 Å². The molecule has 3 heteroatoms. The van der Waals surface area contributed by atoms with Crippen LogP contribution in [-0.2, 0) is 7.05 Å². The lowest BCUT2D eigenvalue weighted by Crippen LogP contribution is -2.12. The molecule has 1 atom stereocenters. The van der Waals surface area contributed by atoms with Crippen LogP contribution in [0.15, 0.2) is 24.4 Å². The Kier molecular flexibility index (Phi) is 3.25. The summed E-state index contributed by atoms with van der Waals surface area (Å²) in [5, 5.41) is 4.25. The molecule has 2 N–H and O–H groups in total. The first-order chi connectivity index (χ1) is 6.13. The maximum Gasteiger partial charge on any atom is 0.0794 e. The lowest BCUT2D eigenvalue weighted by Gasteiger charge is -2.09. The molecule has 1 aromatic heterocycles. The fourth-order valence-corrected chi connectivity index (χ4v) is 1.19. The minimum absolute atomic E-state index is 0.00588. The molecule has 0 fully saturated rings. The first-order valence-corrected chi connectivity index (χ1v) is 4.55. The third-order valence-electron chi connectivity index (χ3n) is 2.12. The highest BCUT2D eigenvalue weighted by Gasteiger charge is 2.09. The first kappa shape index (κ1) is 9.99. The van der Waals surface area contributed by atoms with E-state index in [-0.39, 0.29) is 6.04 Å². The van der Waals surface area contributed by atoms with E-state index in [1.165, 1.54) is 5.57 Å². The molecular weight excluding hydrogens is 162 g/mol. The van der Waals surface area contributed by atoms with Gasteiger partial charge >= 0.3 is 0 Å². The molecule has 0 aliphatic carbocycles. The molecule has 1 aromatic rings. The molecule has 72 valence electrons. The van der Waals surface area contributed by atoms with Crippen LogP contribution in [-0.4, -0.2) is 9.78 Å². The molecule has 0 saturated heterocycles. The van der Waals surface area contributed by atoms with Crippen molar-refractivity contribution in [3.8, 4) is 0 Å². The van der Waals surface area contributed by atoms with E-state index >= 15 is 0 Å². The van der Waals surface area contributed by atoms with Crippen LogP contribution < -0.4 is 5.73 Å². The topological polar surface area (TPSA) is 43.8 Å². The predicted molar refractivity (Wildman–Crippen MR) is 54.2 cm³/mol. The normalized spacial score (nSPS) is 12.8. The Morgan fingerprint density at radius 2 is 2.46 bits per heavy atom. The Labute approximate surface area is 79.2 Å². The maximum absolute atomic E-state index is 5.95. The van der Waals surface area contributed by atoms with Crippen LogP contribution in [0.25, 0.3) is 0 Å². The number of aromatic nitrogens is 2. The molecule has 0 spiro atoms. The van der Waals surface area contributed by atoms with Crippen LogP contribution in [0.5, 0.6) is 0 Å². The number of nitrogens with two attached hydrogens (primary N) is 1. The first-order valence-electron chi connectivity index (χ1n) is 4.55. The highest BCUT2D eigenvalue weighted by Crippen LogP contribution is 2.17. The van der Waals surface area contributed by atoms with Crippen molar-refractivity contribution in [2.45, 2.75) is 25.8 Å². The second kappa shape index (κ2) is 4.23. The summed E-state index contributed by atoms with van der Waals surface area (Å²) in [4.78, 5) is 0. The highest BCUT2D eigenvalue weighted by molar-refractivity contribution is 5.09. The van der Waals surface area contributed by atoms with Crippen molar-refractivity contribution in [1.82, 2.24) is 9.78 Å². The summed E-state index contributed by atoms with van der Waals surface area (Å²) in [5.74, 6) is 0. The summed E-state index contributed by atoms with van der Waals surface area (Å²) < 4.78 is 1.77. The summed E-state index contributed by atoms with van der Waals surface area (Å²) in [6, 6.07) is 1.95. The quantitative estimate of drug-likeness (QED) is 0.716. The number of rotatable bonds is 4. The molecule has 0 aromatic carbocycles. The van der Waals surface area contributed by atoms with Gasteiger partial charge in [0.05, 0.1) is 11.7 Å². The van der Waals surface area contributed by atoms with Gasteiger partial charge in [-0.1, -0.05) is 19.1 Å². The average Bonchev–Trinajstić information content (AvgIpc) is 2.51. The SMILES string of the molecule is C=C(CC)CC(N)c1ccn(C)n1. The largest absolute Gasteiger partial charge is 0.322 e. The molecule has 3 nitrogen and oxygen atoms in total. The van der Waals surface area contributed by atoms with E-state index in [2.05, 4.69) is 18.6 Å². The zero-order valence-corrected chi connectivity index (χ0v) is 8.33. The zero-order chi connectivity index (χ0) is 9.84. The second-order valence-electron chi connectivity index (χ2n) is 3.33. The van der Waals surface area contributed by atoms with E-state index in [4.69, 9.17) is 5.73 Å². The third-order valence-corrected chi connectivity index (χ3v) is 2.12. The molecule has 0 saturated carbocycles. The molecule has 1 rings (SSSR count). The lowest BCUT2D eigenvalue weighted by molar-refractivity contribution is 0.647. The Morgan fingerprint density at radius 1 is 1.77 bits per heavy atom. The van der Waals surface area contributed by atoms with Gasteiger partial charge in [-0.2, -0.15) is 5.10 Å². The highest BCUT2D eigenvalue weighted by atomic mass is 15.3. The smallest absolute Gasteiger partial charge is 0.0794 e. The molecule has 0 aliphatic heterocycles. The minimum Gasteiger partial charge on any atom is -0.322 e. The average molecular weight is 179 g/mol. The number of hydrogen-bond acceptors (Lipinski definition) is 2. The summed E-state index contributed by atoms with van der Waals surface area (Å²) in [6.45, 7) is 6.02.